The number of furan rings is 1. The van der Waals surface area contributed by atoms with Gasteiger partial charge in [-0.15, -0.1) is 0 Å². The number of hydrogen-bond donors (Lipinski definition) is 3. The molecule has 0 unspecified atom stereocenters. The Labute approximate surface area is 116 Å². The molecule has 0 aliphatic carbocycles. The third-order valence-electron chi connectivity index (χ3n) is 2.57. The molecule has 2 amide bonds. The van der Waals surface area contributed by atoms with Crippen LogP contribution in [-0.2, 0) is 4.79 Å². The van der Waals surface area contributed by atoms with E-state index in [0.29, 0.717) is 11.4 Å². The summed E-state index contributed by atoms with van der Waals surface area (Å²) in [5.74, 6) is -0.362. The number of benzene rings is 1. The number of hydrogen-bond acceptors (Lipinski definition) is 4. The first-order valence-electron chi connectivity index (χ1n) is 6.07. The van der Waals surface area contributed by atoms with E-state index in [9.17, 15) is 9.59 Å². The van der Waals surface area contributed by atoms with Crippen molar-refractivity contribution < 1.29 is 14.0 Å². The first kappa shape index (κ1) is 13.8. The molecule has 0 bridgehead atoms. The molecular formula is C14H15N3O3. The molecule has 1 atom stereocenters. The third-order valence-corrected chi connectivity index (χ3v) is 2.57. The Balaban J connectivity index is 1.98. The predicted molar refractivity (Wildman–Crippen MR) is 75.4 cm³/mol. The maximum absolute atomic E-state index is 11.7. The molecule has 0 radical (unpaired) electrons. The summed E-state index contributed by atoms with van der Waals surface area (Å²) in [6, 6.07) is 9.35. The first-order chi connectivity index (χ1) is 9.56. The lowest BCUT2D eigenvalue weighted by Crippen LogP contribution is -2.32. The lowest BCUT2D eigenvalue weighted by molar-refractivity contribution is -0.117. The number of anilines is 2. The van der Waals surface area contributed by atoms with Gasteiger partial charge >= 0.3 is 0 Å². The molecule has 1 aromatic heterocycles. The second-order valence-corrected chi connectivity index (χ2v) is 4.29. The average molecular weight is 273 g/mol. The van der Waals surface area contributed by atoms with E-state index in [1.807, 2.05) is 0 Å². The van der Waals surface area contributed by atoms with Crippen LogP contribution < -0.4 is 16.4 Å². The monoisotopic (exact) mass is 273 g/mol. The number of carbonyl (C=O) groups excluding carboxylic acids is 2. The van der Waals surface area contributed by atoms with Crippen molar-refractivity contribution in [3.8, 4) is 0 Å². The number of carbonyl (C=O) groups is 2. The van der Waals surface area contributed by atoms with Crippen molar-refractivity contribution in [3.05, 3.63) is 48.4 Å². The Kier molecular flexibility index (Phi) is 4.17. The number of rotatable bonds is 4. The second-order valence-electron chi connectivity index (χ2n) is 4.29. The van der Waals surface area contributed by atoms with E-state index in [-0.39, 0.29) is 17.6 Å². The fourth-order valence-electron chi connectivity index (χ4n) is 1.49. The summed E-state index contributed by atoms with van der Waals surface area (Å²) in [5.41, 5.74) is 6.67. The summed E-state index contributed by atoms with van der Waals surface area (Å²) in [5, 5.41) is 5.33. The molecule has 2 aromatic rings. The molecule has 0 saturated heterocycles. The van der Waals surface area contributed by atoms with Crippen LogP contribution in [0.25, 0.3) is 0 Å². The highest BCUT2D eigenvalue weighted by molar-refractivity contribution is 6.02. The molecule has 1 aromatic carbocycles. The molecule has 0 spiro atoms. The molecule has 0 aliphatic rings. The Hall–Kier alpha value is -2.60. The average Bonchev–Trinajstić information content (AvgIpc) is 2.95. The zero-order chi connectivity index (χ0) is 14.5. The summed E-state index contributed by atoms with van der Waals surface area (Å²) in [6.45, 7) is 1.60. The largest absolute Gasteiger partial charge is 0.459 e. The highest BCUT2D eigenvalue weighted by Gasteiger charge is 2.09. The van der Waals surface area contributed by atoms with Crippen molar-refractivity contribution in [2.24, 2.45) is 5.73 Å². The SMILES string of the molecule is C[C@@H](N)C(=O)Nc1ccc(NC(=O)c2ccco2)cc1. The first-order valence-corrected chi connectivity index (χ1v) is 6.07. The van der Waals surface area contributed by atoms with E-state index in [1.165, 1.54) is 6.26 Å². The zero-order valence-electron chi connectivity index (χ0n) is 10.9. The van der Waals surface area contributed by atoms with Crippen molar-refractivity contribution in [1.29, 1.82) is 0 Å². The highest BCUT2D eigenvalue weighted by atomic mass is 16.3. The van der Waals surface area contributed by atoms with E-state index in [2.05, 4.69) is 10.6 Å². The maximum Gasteiger partial charge on any atom is 0.291 e. The van der Waals surface area contributed by atoms with Gasteiger partial charge < -0.3 is 20.8 Å². The van der Waals surface area contributed by atoms with Crippen LogP contribution in [0.15, 0.2) is 47.1 Å². The van der Waals surface area contributed by atoms with Crippen LogP contribution in [0.1, 0.15) is 17.5 Å². The number of amides is 2. The fraction of sp³-hybridized carbons (Fsp3) is 0.143. The van der Waals surface area contributed by atoms with Gasteiger partial charge in [0.25, 0.3) is 5.91 Å². The molecule has 6 heteroatoms. The minimum atomic E-state index is -0.576. The molecule has 104 valence electrons. The van der Waals surface area contributed by atoms with Crippen LogP contribution >= 0.6 is 0 Å². The molecule has 4 N–H and O–H groups in total. The molecule has 0 saturated carbocycles. The Morgan fingerprint density at radius 2 is 1.70 bits per heavy atom. The minimum Gasteiger partial charge on any atom is -0.459 e. The molecule has 0 fully saturated rings. The standard InChI is InChI=1S/C14H15N3O3/c1-9(15)13(18)16-10-4-6-11(7-5-10)17-14(19)12-3-2-8-20-12/h2-9H,15H2,1H3,(H,16,18)(H,17,19)/t9-/m1/s1. The molecule has 20 heavy (non-hydrogen) atoms. The normalized spacial score (nSPS) is 11.7. The van der Waals surface area contributed by atoms with Crippen LogP contribution in [0, 0.1) is 0 Å². The Morgan fingerprint density at radius 1 is 1.10 bits per heavy atom. The highest BCUT2D eigenvalue weighted by Crippen LogP contribution is 2.15. The quantitative estimate of drug-likeness (QED) is 0.791. The van der Waals surface area contributed by atoms with Gasteiger partial charge in [-0.1, -0.05) is 0 Å². The Bertz CT molecular complexity index is 589. The molecular weight excluding hydrogens is 258 g/mol. The van der Waals surface area contributed by atoms with E-state index in [1.54, 1.807) is 43.3 Å². The second kappa shape index (κ2) is 6.03. The van der Waals surface area contributed by atoms with Crippen molar-refractivity contribution in [1.82, 2.24) is 0 Å². The third kappa shape index (κ3) is 3.46. The van der Waals surface area contributed by atoms with Gasteiger partial charge in [0.2, 0.25) is 5.91 Å². The van der Waals surface area contributed by atoms with Crippen molar-refractivity contribution in [2.45, 2.75) is 13.0 Å². The van der Waals surface area contributed by atoms with Crippen LogP contribution in [0.2, 0.25) is 0 Å². The van der Waals surface area contributed by atoms with E-state index < -0.39 is 6.04 Å². The van der Waals surface area contributed by atoms with Gasteiger partial charge in [0.05, 0.1) is 12.3 Å². The van der Waals surface area contributed by atoms with Crippen molar-refractivity contribution >= 4 is 23.2 Å². The van der Waals surface area contributed by atoms with E-state index in [4.69, 9.17) is 10.2 Å². The number of nitrogens with one attached hydrogen (secondary N) is 2. The lowest BCUT2D eigenvalue weighted by atomic mass is 10.2. The van der Waals surface area contributed by atoms with Crippen LogP contribution in [0.3, 0.4) is 0 Å². The van der Waals surface area contributed by atoms with Crippen LogP contribution in [0.5, 0.6) is 0 Å². The van der Waals surface area contributed by atoms with Crippen molar-refractivity contribution in [2.75, 3.05) is 10.6 Å². The summed E-state index contributed by atoms with van der Waals surface area (Å²) in [4.78, 5) is 23.1. The summed E-state index contributed by atoms with van der Waals surface area (Å²) < 4.78 is 4.99. The zero-order valence-corrected chi connectivity index (χ0v) is 10.9. The minimum absolute atomic E-state index is 0.235. The van der Waals surface area contributed by atoms with Gasteiger partial charge in [-0.05, 0) is 43.3 Å². The van der Waals surface area contributed by atoms with Gasteiger partial charge in [-0.2, -0.15) is 0 Å². The van der Waals surface area contributed by atoms with Gasteiger partial charge in [-0.3, -0.25) is 9.59 Å². The van der Waals surface area contributed by atoms with Gasteiger partial charge in [-0.25, -0.2) is 0 Å². The Morgan fingerprint density at radius 3 is 2.20 bits per heavy atom. The topological polar surface area (TPSA) is 97.4 Å². The van der Waals surface area contributed by atoms with Gasteiger partial charge in [0.15, 0.2) is 5.76 Å². The number of nitrogens with two attached hydrogens (primary N) is 1. The van der Waals surface area contributed by atoms with E-state index >= 15 is 0 Å². The summed E-state index contributed by atoms with van der Waals surface area (Å²) >= 11 is 0. The smallest absolute Gasteiger partial charge is 0.291 e. The molecule has 1 heterocycles. The van der Waals surface area contributed by atoms with Crippen LogP contribution in [0.4, 0.5) is 11.4 Å². The molecule has 0 aliphatic heterocycles. The molecule has 2 rings (SSSR count). The maximum atomic E-state index is 11.7. The van der Waals surface area contributed by atoms with Crippen LogP contribution in [-0.4, -0.2) is 17.9 Å². The van der Waals surface area contributed by atoms with E-state index in [0.717, 1.165) is 0 Å². The summed E-state index contributed by atoms with van der Waals surface area (Å²) in [6.07, 6.45) is 1.43. The summed E-state index contributed by atoms with van der Waals surface area (Å²) in [7, 11) is 0. The predicted octanol–water partition coefficient (Wildman–Crippen LogP) is 1.82. The molecule has 6 nitrogen and oxygen atoms in total. The lowest BCUT2D eigenvalue weighted by Gasteiger charge is -2.08. The van der Waals surface area contributed by atoms with Crippen molar-refractivity contribution in [3.63, 3.8) is 0 Å². The van der Waals surface area contributed by atoms with Gasteiger partial charge in [0, 0.05) is 11.4 Å². The fourth-order valence-corrected chi connectivity index (χ4v) is 1.49. The van der Waals surface area contributed by atoms with Gasteiger partial charge in [0.1, 0.15) is 0 Å².